The molecule has 1 aliphatic rings. The van der Waals surface area contributed by atoms with Crippen molar-refractivity contribution in [3.8, 4) is 52.8 Å². The average molecular weight is 1250 g/mol. The molecule has 4 heterocycles. The summed E-state index contributed by atoms with van der Waals surface area (Å²) >= 11 is 0. The van der Waals surface area contributed by atoms with Gasteiger partial charge in [-0.15, -0.1) is 0 Å². The first kappa shape index (κ1) is 68.4. The first-order chi connectivity index (χ1) is 42.0. The summed E-state index contributed by atoms with van der Waals surface area (Å²) in [6, 6.07) is 33.5. The second kappa shape index (κ2) is 32.4. The Morgan fingerprint density at radius 3 is 1.09 bits per heavy atom. The largest absolute Gasteiger partial charge is 0.497 e. The molecule has 1 N–H and O–H groups in total. The SMILES string of the molecule is CCOP(C)(=O)c1cc(C#Cc2ccc(OC)cc2)cc(CN2CCN(Cc3cc(C#Cc4ccc(OC)cc4)cc(P(C)(=O)OCC)n3)CCN(Cc3cc(C#Cc4ccc(OCCCNC(=O)OC(C)(C)C)cc4)cc(P(C)(=O)OCC)n3)CC2)n1. The van der Waals surface area contributed by atoms with Gasteiger partial charge >= 0.3 is 6.09 Å². The summed E-state index contributed by atoms with van der Waals surface area (Å²) in [4.78, 5) is 34.0. The first-order valence-electron chi connectivity index (χ1n) is 29.5. The van der Waals surface area contributed by atoms with E-state index in [0.717, 1.165) is 28.2 Å². The van der Waals surface area contributed by atoms with Crippen molar-refractivity contribution in [2.24, 2.45) is 0 Å². The number of carbonyl (C=O) groups excluding carboxylic acids is 1. The molecule has 88 heavy (non-hydrogen) atoms. The van der Waals surface area contributed by atoms with E-state index in [1.165, 1.54) is 0 Å². The number of hydrogen-bond acceptors (Lipinski definition) is 17. The van der Waals surface area contributed by atoms with Gasteiger partial charge in [0, 0.05) is 119 Å². The number of carbonyl (C=O) groups is 1. The van der Waals surface area contributed by atoms with Gasteiger partial charge in [0.2, 0.25) is 22.1 Å². The molecular formula is C67H82N7O11P3. The summed E-state index contributed by atoms with van der Waals surface area (Å²) < 4.78 is 81.9. The Labute approximate surface area is 520 Å². The van der Waals surface area contributed by atoms with Gasteiger partial charge in [0.05, 0.1) is 57.7 Å². The molecule has 3 aromatic carbocycles. The third-order valence-corrected chi connectivity index (χ3v) is 19.1. The molecule has 0 radical (unpaired) electrons. The predicted octanol–water partition coefficient (Wildman–Crippen LogP) is 9.91. The highest BCUT2D eigenvalue weighted by molar-refractivity contribution is 7.66. The number of nitrogens with zero attached hydrogens (tertiary/aromatic N) is 6. The second-order valence-corrected chi connectivity index (χ2v) is 29.3. The van der Waals surface area contributed by atoms with Crippen LogP contribution in [0.25, 0.3) is 0 Å². The molecule has 0 aliphatic carbocycles. The van der Waals surface area contributed by atoms with E-state index < -0.39 is 33.8 Å². The van der Waals surface area contributed by atoms with Crippen LogP contribution in [0.5, 0.6) is 17.2 Å². The number of benzene rings is 3. The van der Waals surface area contributed by atoms with Crippen LogP contribution in [0, 0.1) is 35.5 Å². The van der Waals surface area contributed by atoms with Gasteiger partial charge in [0.1, 0.15) is 39.2 Å². The van der Waals surface area contributed by atoms with Crippen LogP contribution in [0.1, 0.15) is 98.4 Å². The maximum atomic E-state index is 14.2. The molecule has 1 amide bonds. The summed E-state index contributed by atoms with van der Waals surface area (Å²) in [5, 5.41) is 2.75. The van der Waals surface area contributed by atoms with Crippen molar-refractivity contribution in [3.63, 3.8) is 0 Å². The first-order valence-corrected chi connectivity index (χ1v) is 35.7. The molecule has 6 aromatic rings. The lowest BCUT2D eigenvalue weighted by Crippen LogP contribution is -2.36. The van der Waals surface area contributed by atoms with E-state index in [-0.39, 0.29) is 19.8 Å². The van der Waals surface area contributed by atoms with Gasteiger partial charge in [-0.05, 0) is 157 Å². The van der Waals surface area contributed by atoms with E-state index in [4.69, 9.17) is 47.5 Å². The molecule has 1 aliphatic heterocycles. The predicted molar refractivity (Wildman–Crippen MR) is 348 cm³/mol. The topological polar surface area (TPSA) is 193 Å². The summed E-state index contributed by atoms with van der Waals surface area (Å²) in [5.74, 6) is 21.8. The van der Waals surface area contributed by atoms with Gasteiger partial charge in [-0.2, -0.15) is 0 Å². The Bertz CT molecular complexity index is 3520. The van der Waals surface area contributed by atoms with Gasteiger partial charge < -0.3 is 37.8 Å². The summed E-state index contributed by atoms with van der Waals surface area (Å²) in [5.41, 5.74) is 6.70. The Morgan fingerprint density at radius 2 is 0.795 bits per heavy atom. The van der Waals surface area contributed by atoms with Crippen molar-refractivity contribution in [3.05, 3.63) is 160 Å². The minimum absolute atomic E-state index is 0.235. The monoisotopic (exact) mass is 1250 g/mol. The lowest BCUT2D eigenvalue weighted by atomic mass is 10.1. The second-order valence-electron chi connectivity index (χ2n) is 22.1. The van der Waals surface area contributed by atoms with E-state index >= 15 is 0 Å². The van der Waals surface area contributed by atoms with Crippen LogP contribution in [0.3, 0.4) is 0 Å². The van der Waals surface area contributed by atoms with Crippen LogP contribution in [-0.2, 0) is 51.6 Å². The van der Waals surface area contributed by atoms with Crippen molar-refractivity contribution in [2.45, 2.75) is 73.2 Å². The van der Waals surface area contributed by atoms with Crippen LogP contribution in [0.4, 0.5) is 4.79 Å². The molecule has 1 saturated heterocycles. The van der Waals surface area contributed by atoms with Gasteiger partial charge in [-0.25, -0.2) is 19.7 Å². The molecular weight excluding hydrogens is 1170 g/mol. The molecule has 3 aromatic heterocycles. The summed E-state index contributed by atoms with van der Waals surface area (Å²) in [6.45, 7) is 22.0. The molecule has 0 bridgehead atoms. The molecule has 3 unspecified atom stereocenters. The molecule has 0 spiro atoms. The van der Waals surface area contributed by atoms with Crippen LogP contribution < -0.4 is 35.8 Å². The van der Waals surface area contributed by atoms with E-state index in [1.807, 2.05) is 126 Å². The number of rotatable bonds is 22. The fraction of sp³-hybridized carbons (Fsp3) is 0.403. The zero-order chi connectivity index (χ0) is 63.3. The van der Waals surface area contributed by atoms with E-state index in [2.05, 4.69) is 55.5 Å². The minimum Gasteiger partial charge on any atom is -0.497 e. The van der Waals surface area contributed by atoms with E-state index in [1.54, 1.807) is 59.3 Å². The smallest absolute Gasteiger partial charge is 0.407 e. The molecule has 21 heteroatoms. The Kier molecular flexibility index (Phi) is 25.2. The highest BCUT2D eigenvalue weighted by Gasteiger charge is 2.27. The number of nitrogens with one attached hydrogen (secondary N) is 1. The average Bonchev–Trinajstić information content (AvgIpc) is 3.27. The van der Waals surface area contributed by atoms with Crippen molar-refractivity contribution in [1.29, 1.82) is 0 Å². The number of alkyl carbamates (subject to hydrolysis) is 1. The number of amides is 1. The van der Waals surface area contributed by atoms with Crippen LogP contribution >= 0.6 is 22.1 Å². The zero-order valence-corrected chi connectivity index (χ0v) is 55.2. The fourth-order valence-electron chi connectivity index (χ4n) is 9.27. The molecule has 3 atom stereocenters. The maximum Gasteiger partial charge on any atom is 0.407 e. The molecule has 7 rings (SSSR count). The van der Waals surface area contributed by atoms with E-state index in [0.29, 0.717) is 134 Å². The van der Waals surface area contributed by atoms with Crippen molar-refractivity contribution < 1.29 is 51.0 Å². The number of ether oxygens (including phenoxy) is 4. The number of methoxy groups -OCH3 is 2. The molecule has 0 saturated carbocycles. The highest BCUT2D eigenvalue weighted by Crippen LogP contribution is 2.42. The minimum atomic E-state index is -3.37. The van der Waals surface area contributed by atoms with Crippen LogP contribution in [0.2, 0.25) is 0 Å². The zero-order valence-electron chi connectivity index (χ0n) is 52.5. The van der Waals surface area contributed by atoms with Crippen LogP contribution in [0.15, 0.2) is 109 Å². The molecule has 1 fully saturated rings. The van der Waals surface area contributed by atoms with Gasteiger partial charge in [0.25, 0.3) is 0 Å². The number of hydrogen-bond donors (Lipinski definition) is 1. The molecule has 466 valence electrons. The summed E-state index contributed by atoms with van der Waals surface area (Å²) in [6.07, 6.45) is 0.126. The van der Waals surface area contributed by atoms with Crippen LogP contribution in [-0.4, -0.2) is 148 Å². The van der Waals surface area contributed by atoms with Crippen molar-refractivity contribution in [2.75, 3.05) is 106 Å². The Hall–Kier alpha value is -7.09. The third-order valence-electron chi connectivity index (χ3n) is 13.7. The lowest BCUT2D eigenvalue weighted by molar-refractivity contribution is 0.0525. The molecule has 18 nitrogen and oxygen atoms in total. The summed E-state index contributed by atoms with van der Waals surface area (Å²) in [7, 11) is -6.81. The van der Waals surface area contributed by atoms with Crippen molar-refractivity contribution in [1.82, 2.24) is 35.0 Å². The highest BCUT2D eigenvalue weighted by atomic mass is 31.2. The number of pyridine rings is 3. The normalized spacial score (nSPS) is 15.3. The van der Waals surface area contributed by atoms with E-state index in [9.17, 15) is 18.5 Å². The fourth-order valence-corrected chi connectivity index (χ4v) is 13.2. The van der Waals surface area contributed by atoms with Crippen molar-refractivity contribution >= 4 is 44.5 Å². The van der Waals surface area contributed by atoms with Gasteiger partial charge in [-0.3, -0.25) is 28.4 Å². The van der Waals surface area contributed by atoms with Gasteiger partial charge in [0.15, 0.2) is 0 Å². The third kappa shape index (κ3) is 21.9. The van der Waals surface area contributed by atoms with Gasteiger partial charge in [-0.1, -0.05) is 35.5 Å². The standard InChI is InChI=1S/C67H82N7O11P3/c1-12-82-86(9,76)63-45-54(19-16-51-22-28-60(79-7)29-23-51)42-57(69-63)48-72-35-36-73(49-58-43-55(46-64(70-58)87(10,77)83-13-2)20-17-52-24-30-61(80-8)31-25-52)38-40-74(39-37-72)50-59-44-56(47-65(71-59)88(11,78)84-14-3)21-18-53-26-32-62(33-27-53)81-41-15-34-68-66(75)85-67(4,5)6/h22-33,42-47H,12-15,34-41,48-50H2,1-11H3,(H,68,75). The quantitative estimate of drug-likeness (QED) is 0.0383. The Balaban J connectivity index is 1.20. The number of aromatic nitrogens is 3. The maximum absolute atomic E-state index is 14.2. The lowest BCUT2D eigenvalue weighted by Gasteiger charge is -2.26. The Morgan fingerprint density at radius 1 is 0.489 bits per heavy atom.